The lowest BCUT2D eigenvalue weighted by molar-refractivity contribution is 0.0600. The Morgan fingerprint density at radius 3 is 1.82 bits per heavy atom. The lowest BCUT2D eigenvalue weighted by atomic mass is 9.72. The fourth-order valence-electron chi connectivity index (χ4n) is 2.79. The highest BCUT2D eigenvalue weighted by Gasteiger charge is 2.28. The van der Waals surface area contributed by atoms with Crippen LogP contribution >= 0.6 is 0 Å². The van der Waals surface area contributed by atoms with Crippen molar-refractivity contribution in [1.82, 2.24) is 0 Å². The van der Waals surface area contributed by atoms with Gasteiger partial charge in [0.25, 0.3) is 0 Å². The first kappa shape index (κ1) is 16.1. The maximum atomic E-state index is 11.5. The number of rotatable bonds is 3. The van der Waals surface area contributed by atoms with Gasteiger partial charge >= 0.3 is 5.97 Å². The van der Waals surface area contributed by atoms with Crippen molar-refractivity contribution in [3.05, 3.63) is 65.2 Å². The molecule has 2 rings (SSSR count). The van der Waals surface area contributed by atoms with E-state index in [2.05, 4.69) is 20.8 Å². The van der Waals surface area contributed by atoms with Gasteiger partial charge in [-0.2, -0.15) is 0 Å². The molecule has 0 saturated heterocycles. The van der Waals surface area contributed by atoms with E-state index in [1.165, 1.54) is 7.11 Å². The smallest absolute Gasteiger partial charge is 0.337 e. The molecular weight excluding hydrogens is 276 g/mol. The summed E-state index contributed by atoms with van der Waals surface area (Å²) in [6.07, 6.45) is 0. The second kappa shape index (κ2) is 6.22. The van der Waals surface area contributed by atoms with Crippen LogP contribution in [0.4, 0.5) is 0 Å². The summed E-state index contributed by atoms with van der Waals surface area (Å²) in [6.45, 7) is 6.54. The average Bonchev–Trinajstić information content (AvgIpc) is 2.48. The van der Waals surface area contributed by atoms with Crippen molar-refractivity contribution < 1.29 is 14.6 Å². The fourth-order valence-corrected chi connectivity index (χ4v) is 2.79. The number of benzene rings is 2. The van der Waals surface area contributed by atoms with Crippen molar-refractivity contribution in [3.8, 4) is 5.75 Å². The summed E-state index contributed by atoms with van der Waals surface area (Å²) >= 11 is 0. The molecule has 0 aliphatic rings. The predicted molar refractivity (Wildman–Crippen MR) is 87.2 cm³/mol. The number of aromatic hydroxyl groups is 1. The summed E-state index contributed by atoms with van der Waals surface area (Å²) in [5.41, 5.74) is 2.82. The number of carbonyl (C=O) groups is 1. The van der Waals surface area contributed by atoms with Crippen LogP contribution in [-0.2, 0) is 4.74 Å². The summed E-state index contributed by atoms with van der Waals surface area (Å²) in [5.74, 6) is 0.0979. The Labute approximate surface area is 131 Å². The van der Waals surface area contributed by atoms with Crippen molar-refractivity contribution in [2.75, 3.05) is 7.11 Å². The third kappa shape index (κ3) is 3.48. The zero-order valence-corrected chi connectivity index (χ0v) is 13.5. The van der Waals surface area contributed by atoms with Crippen molar-refractivity contribution >= 4 is 5.97 Å². The highest BCUT2D eigenvalue weighted by Crippen LogP contribution is 2.40. The topological polar surface area (TPSA) is 46.5 Å². The molecule has 0 amide bonds. The van der Waals surface area contributed by atoms with Gasteiger partial charge in [-0.3, -0.25) is 0 Å². The highest BCUT2D eigenvalue weighted by atomic mass is 16.5. The van der Waals surface area contributed by atoms with Gasteiger partial charge in [-0.15, -0.1) is 0 Å². The molecule has 0 heterocycles. The Hall–Kier alpha value is -2.29. The molecule has 0 fully saturated rings. The van der Waals surface area contributed by atoms with E-state index in [1.807, 2.05) is 24.3 Å². The Morgan fingerprint density at radius 1 is 0.955 bits per heavy atom. The van der Waals surface area contributed by atoms with Crippen LogP contribution in [0, 0.1) is 5.41 Å². The molecule has 3 nitrogen and oxygen atoms in total. The molecule has 0 spiro atoms. The van der Waals surface area contributed by atoms with Crippen LogP contribution in [0.3, 0.4) is 0 Å². The number of hydrogen-bond acceptors (Lipinski definition) is 3. The van der Waals surface area contributed by atoms with Gasteiger partial charge in [-0.05, 0) is 40.8 Å². The third-order valence-corrected chi connectivity index (χ3v) is 3.76. The average molecular weight is 298 g/mol. The Balaban J connectivity index is 2.42. The van der Waals surface area contributed by atoms with Gasteiger partial charge in [0.2, 0.25) is 0 Å². The number of carbonyl (C=O) groups excluding carboxylic acids is 1. The molecule has 1 N–H and O–H groups in total. The van der Waals surface area contributed by atoms with Crippen molar-refractivity contribution in [2.24, 2.45) is 5.41 Å². The second-order valence-corrected chi connectivity index (χ2v) is 6.50. The van der Waals surface area contributed by atoms with E-state index in [4.69, 9.17) is 4.74 Å². The quantitative estimate of drug-likeness (QED) is 0.857. The van der Waals surface area contributed by atoms with Gasteiger partial charge in [0.1, 0.15) is 5.75 Å². The van der Waals surface area contributed by atoms with Crippen LogP contribution in [0.5, 0.6) is 5.75 Å². The van der Waals surface area contributed by atoms with E-state index < -0.39 is 0 Å². The van der Waals surface area contributed by atoms with Crippen LogP contribution in [0.1, 0.15) is 48.2 Å². The first-order chi connectivity index (χ1) is 10.3. The fraction of sp³-hybridized carbons (Fsp3) is 0.316. The van der Waals surface area contributed by atoms with Gasteiger partial charge in [-0.25, -0.2) is 4.79 Å². The minimum absolute atomic E-state index is 0.00372. The van der Waals surface area contributed by atoms with E-state index in [-0.39, 0.29) is 23.1 Å². The maximum Gasteiger partial charge on any atom is 0.337 e. The van der Waals surface area contributed by atoms with E-state index >= 15 is 0 Å². The summed E-state index contributed by atoms with van der Waals surface area (Å²) in [4.78, 5) is 11.5. The zero-order chi connectivity index (χ0) is 16.3. The third-order valence-electron chi connectivity index (χ3n) is 3.76. The molecule has 0 aliphatic carbocycles. The van der Waals surface area contributed by atoms with Gasteiger partial charge in [0, 0.05) is 5.92 Å². The first-order valence-electron chi connectivity index (χ1n) is 7.30. The molecule has 0 unspecified atom stereocenters. The van der Waals surface area contributed by atoms with Crippen molar-refractivity contribution in [3.63, 3.8) is 0 Å². The molecule has 1 atom stereocenters. The molecule has 0 bridgehead atoms. The molecule has 3 heteroatoms. The standard InChI is InChI=1S/C19H22O3/c1-19(2,3)17(14-9-11-16(20)12-10-14)13-5-7-15(8-6-13)18(21)22-4/h5-12,17,20H,1-4H3/t17-/m1/s1. The highest BCUT2D eigenvalue weighted by molar-refractivity contribution is 5.89. The van der Waals surface area contributed by atoms with E-state index in [1.54, 1.807) is 24.3 Å². The number of esters is 1. The van der Waals surface area contributed by atoms with E-state index in [0.717, 1.165) is 11.1 Å². The lowest BCUT2D eigenvalue weighted by Crippen LogP contribution is -2.19. The number of ether oxygens (including phenoxy) is 1. The van der Waals surface area contributed by atoms with Crippen LogP contribution < -0.4 is 0 Å². The number of methoxy groups -OCH3 is 1. The summed E-state index contributed by atoms with van der Waals surface area (Å²) in [6, 6.07) is 14.8. The summed E-state index contributed by atoms with van der Waals surface area (Å²) in [7, 11) is 1.38. The Morgan fingerprint density at radius 2 is 1.41 bits per heavy atom. The molecule has 116 valence electrons. The summed E-state index contributed by atoms with van der Waals surface area (Å²) < 4.78 is 4.73. The molecular formula is C19H22O3. The Bertz CT molecular complexity index is 634. The van der Waals surface area contributed by atoms with Gasteiger partial charge in [0.15, 0.2) is 0 Å². The van der Waals surface area contributed by atoms with Gasteiger partial charge < -0.3 is 9.84 Å². The van der Waals surface area contributed by atoms with Crippen LogP contribution in [0.15, 0.2) is 48.5 Å². The summed E-state index contributed by atoms with van der Waals surface area (Å²) in [5, 5.41) is 9.49. The molecule has 0 aromatic heterocycles. The van der Waals surface area contributed by atoms with Crippen LogP contribution in [0.2, 0.25) is 0 Å². The zero-order valence-electron chi connectivity index (χ0n) is 13.5. The SMILES string of the molecule is COC(=O)c1ccc([C@H](c2ccc(O)cc2)C(C)(C)C)cc1. The normalized spacial score (nSPS) is 12.7. The molecule has 2 aromatic rings. The Kier molecular flexibility index (Phi) is 4.55. The van der Waals surface area contributed by atoms with Gasteiger partial charge in [0.05, 0.1) is 12.7 Å². The molecule has 2 aromatic carbocycles. The van der Waals surface area contributed by atoms with E-state index in [0.29, 0.717) is 5.56 Å². The second-order valence-electron chi connectivity index (χ2n) is 6.50. The predicted octanol–water partition coefficient (Wildman–Crippen LogP) is 4.36. The van der Waals surface area contributed by atoms with Crippen molar-refractivity contribution in [2.45, 2.75) is 26.7 Å². The first-order valence-corrected chi connectivity index (χ1v) is 7.30. The largest absolute Gasteiger partial charge is 0.508 e. The minimum atomic E-state index is -0.330. The number of phenols is 1. The lowest BCUT2D eigenvalue weighted by Gasteiger charge is -2.32. The monoisotopic (exact) mass is 298 g/mol. The number of phenolic OH excluding ortho intramolecular Hbond substituents is 1. The number of hydrogen-bond donors (Lipinski definition) is 1. The van der Waals surface area contributed by atoms with Crippen LogP contribution in [-0.4, -0.2) is 18.2 Å². The molecule has 0 radical (unpaired) electrons. The molecule has 0 saturated carbocycles. The maximum absolute atomic E-state index is 11.5. The molecule has 22 heavy (non-hydrogen) atoms. The van der Waals surface area contributed by atoms with Crippen LogP contribution in [0.25, 0.3) is 0 Å². The minimum Gasteiger partial charge on any atom is -0.508 e. The van der Waals surface area contributed by atoms with Gasteiger partial charge in [-0.1, -0.05) is 45.0 Å². The van der Waals surface area contributed by atoms with Crippen molar-refractivity contribution in [1.29, 1.82) is 0 Å². The van der Waals surface area contributed by atoms with E-state index in [9.17, 15) is 9.90 Å². The molecule has 0 aliphatic heterocycles.